The predicted octanol–water partition coefficient (Wildman–Crippen LogP) is 2.71. The normalized spacial score (nSPS) is 21.5. The zero-order valence-corrected chi connectivity index (χ0v) is 14.0. The summed E-state index contributed by atoms with van der Waals surface area (Å²) >= 11 is 5.77. The third kappa shape index (κ3) is 3.12. The average Bonchev–Trinajstić information content (AvgIpc) is 2.53. The van der Waals surface area contributed by atoms with Crippen molar-refractivity contribution in [3.05, 3.63) is 29.3 Å². The van der Waals surface area contributed by atoms with Gasteiger partial charge in [0.05, 0.1) is 12.0 Å². The number of ketones is 1. The molecule has 23 heavy (non-hydrogen) atoms. The van der Waals surface area contributed by atoms with Crippen molar-refractivity contribution in [2.45, 2.75) is 35.6 Å². The Kier molecular flexibility index (Phi) is 5.10. The fraction of sp³-hybridized carbons (Fsp3) is 0.467. The number of sulfone groups is 1. The molecular weight excluding hydrogens is 347 g/mol. The number of benzene rings is 1. The minimum atomic E-state index is -4.74. The Labute approximate surface area is 138 Å². The molecule has 8 heteroatoms. The summed E-state index contributed by atoms with van der Waals surface area (Å²) in [4.78, 5) is 23.2. The van der Waals surface area contributed by atoms with Gasteiger partial charge < -0.3 is 4.74 Å². The van der Waals surface area contributed by atoms with E-state index >= 15 is 4.39 Å². The van der Waals surface area contributed by atoms with E-state index in [2.05, 4.69) is 4.74 Å². The molecule has 0 aromatic heterocycles. The van der Waals surface area contributed by atoms with Gasteiger partial charge in [-0.15, -0.1) is 0 Å². The molecule has 2 atom stereocenters. The molecule has 1 fully saturated rings. The number of halogens is 2. The van der Waals surface area contributed by atoms with Crippen molar-refractivity contribution in [2.24, 2.45) is 5.92 Å². The van der Waals surface area contributed by atoms with E-state index in [9.17, 15) is 18.0 Å². The first-order chi connectivity index (χ1) is 10.7. The largest absolute Gasteiger partial charge is 0.466 e. The second-order valence-electron chi connectivity index (χ2n) is 5.43. The predicted molar refractivity (Wildman–Crippen MR) is 81.5 cm³/mol. The quantitative estimate of drug-likeness (QED) is 0.769. The Morgan fingerprint density at radius 2 is 2.13 bits per heavy atom. The molecule has 0 N–H and O–H groups in total. The third-order valence-corrected chi connectivity index (χ3v) is 6.36. The standard InChI is InChI=1S/C15H16ClFO5S/c1-22-14(19)15(17,10-4-2-6-12(18)8-10)23(20,21)13-7-3-5-11(16)9-13/h3,5,7,9-10H,2,4,6,8H2,1H3. The molecule has 5 nitrogen and oxygen atoms in total. The summed E-state index contributed by atoms with van der Waals surface area (Å²) < 4.78 is 45.5. The first-order valence-corrected chi connectivity index (χ1v) is 8.88. The third-order valence-electron chi connectivity index (χ3n) is 3.97. The van der Waals surface area contributed by atoms with Crippen LogP contribution in [-0.4, -0.2) is 32.3 Å². The number of rotatable bonds is 4. The van der Waals surface area contributed by atoms with Crippen LogP contribution in [0.2, 0.25) is 5.02 Å². The van der Waals surface area contributed by atoms with Crippen molar-refractivity contribution in [1.82, 2.24) is 0 Å². The van der Waals surface area contributed by atoms with Crippen LogP contribution in [-0.2, 0) is 24.2 Å². The van der Waals surface area contributed by atoms with Crippen LogP contribution < -0.4 is 0 Å². The van der Waals surface area contributed by atoms with Crippen LogP contribution in [0.1, 0.15) is 25.7 Å². The van der Waals surface area contributed by atoms with Gasteiger partial charge in [0, 0.05) is 23.8 Å². The summed E-state index contributed by atoms with van der Waals surface area (Å²) in [6.07, 6.45) is 0.380. The van der Waals surface area contributed by atoms with E-state index in [4.69, 9.17) is 11.6 Å². The van der Waals surface area contributed by atoms with Gasteiger partial charge in [-0.2, -0.15) is 0 Å². The van der Waals surface area contributed by atoms with Gasteiger partial charge in [0.15, 0.2) is 0 Å². The van der Waals surface area contributed by atoms with E-state index < -0.39 is 31.6 Å². The van der Waals surface area contributed by atoms with E-state index in [1.807, 2.05) is 0 Å². The molecule has 1 aliphatic carbocycles. The highest BCUT2D eigenvalue weighted by Gasteiger charge is 2.59. The second kappa shape index (κ2) is 6.57. The number of esters is 1. The van der Waals surface area contributed by atoms with Crippen LogP contribution >= 0.6 is 11.6 Å². The Morgan fingerprint density at radius 1 is 1.43 bits per heavy atom. The van der Waals surface area contributed by atoms with E-state index in [0.717, 1.165) is 19.2 Å². The maximum Gasteiger partial charge on any atom is 0.360 e. The van der Waals surface area contributed by atoms with Gasteiger partial charge in [-0.1, -0.05) is 17.7 Å². The molecule has 0 amide bonds. The lowest BCUT2D eigenvalue weighted by Gasteiger charge is -2.32. The highest BCUT2D eigenvalue weighted by Crippen LogP contribution is 2.42. The fourth-order valence-corrected chi connectivity index (χ4v) is 4.86. The van der Waals surface area contributed by atoms with Crippen LogP contribution in [0.4, 0.5) is 4.39 Å². The summed E-state index contributed by atoms with van der Waals surface area (Å²) in [7, 11) is -3.82. The lowest BCUT2D eigenvalue weighted by atomic mass is 9.84. The second-order valence-corrected chi connectivity index (χ2v) is 7.94. The smallest absolute Gasteiger partial charge is 0.360 e. The van der Waals surface area contributed by atoms with E-state index in [-0.39, 0.29) is 30.1 Å². The van der Waals surface area contributed by atoms with Gasteiger partial charge in [-0.25, -0.2) is 17.6 Å². The van der Waals surface area contributed by atoms with Crippen molar-refractivity contribution in [3.8, 4) is 0 Å². The molecular formula is C15H16ClFO5S. The topological polar surface area (TPSA) is 77.5 Å². The summed E-state index contributed by atoms with van der Waals surface area (Å²) in [5.74, 6) is -3.06. The SMILES string of the molecule is COC(=O)C(F)(C1CCCC(=O)C1)S(=O)(=O)c1cccc(Cl)c1. The van der Waals surface area contributed by atoms with Crippen LogP contribution in [0, 0.1) is 5.92 Å². The monoisotopic (exact) mass is 362 g/mol. The Morgan fingerprint density at radius 3 is 2.70 bits per heavy atom. The molecule has 2 rings (SSSR count). The minimum absolute atomic E-state index is 0.0954. The number of carbonyl (C=O) groups excluding carboxylic acids is 2. The highest BCUT2D eigenvalue weighted by atomic mass is 35.5. The van der Waals surface area contributed by atoms with Crippen LogP contribution in [0.3, 0.4) is 0 Å². The molecule has 1 saturated carbocycles. The van der Waals surface area contributed by atoms with E-state index in [0.29, 0.717) is 6.42 Å². The summed E-state index contributed by atoms with van der Waals surface area (Å²) in [5.41, 5.74) is 0. The van der Waals surface area contributed by atoms with Crippen molar-refractivity contribution in [3.63, 3.8) is 0 Å². The molecule has 0 saturated heterocycles. The van der Waals surface area contributed by atoms with Crippen molar-refractivity contribution in [2.75, 3.05) is 7.11 Å². The lowest BCUT2D eigenvalue weighted by Crippen LogP contribution is -2.50. The molecule has 1 aromatic carbocycles. The summed E-state index contributed by atoms with van der Waals surface area (Å²) in [6.45, 7) is 0. The number of hydrogen-bond donors (Lipinski definition) is 0. The Bertz CT molecular complexity index is 733. The number of alkyl halides is 1. The van der Waals surface area contributed by atoms with Crippen LogP contribution in [0.15, 0.2) is 29.2 Å². The molecule has 0 radical (unpaired) electrons. The molecule has 0 heterocycles. The van der Waals surface area contributed by atoms with Gasteiger partial charge >= 0.3 is 11.0 Å². The van der Waals surface area contributed by atoms with E-state index in [1.165, 1.54) is 12.1 Å². The molecule has 0 spiro atoms. The summed E-state index contributed by atoms with van der Waals surface area (Å²) in [6, 6.07) is 5.00. The molecule has 1 aliphatic rings. The minimum Gasteiger partial charge on any atom is -0.466 e. The number of methoxy groups -OCH3 is 1. The molecule has 0 bridgehead atoms. The van der Waals surface area contributed by atoms with Gasteiger partial charge in [0.2, 0.25) is 9.84 Å². The molecule has 1 aromatic rings. The first kappa shape index (κ1) is 17.9. The van der Waals surface area contributed by atoms with Crippen LogP contribution in [0.25, 0.3) is 0 Å². The number of Topliss-reactive ketones (excluding diaryl/α,β-unsaturated/α-hetero) is 1. The average molecular weight is 363 g/mol. The van der Waals surface area contributed by atoms with Gasteiger partial charge in [0.25, 0.3) is 0 Å². The summed E-state index contributed by atoms with van der Waals surface area (Å²) in [5, 5.41) is -3.22. The number of hydrogen-bond acceptors (Lipinski definition) is 5. The van der Waals surface area contributed by atoms with Gasteiger partial charge in [0.1, 0.15) is 5.78 Å². The molecule has 0 aliphatic heterocycles. The number of carbonyl (C=O) groups is 2. The van der Waals surface area contributed by atoms with Crippen molar-refractivity contribution in [1.29, 1.82) is 0 Å². The van der Waals surface area contributed by atoms with Gasteiger partial charge in [-0.05, 0) is 31.0 Å². The van der Waals surface area contributed by atoms with Crippen molar-refractivity contribution < 1.29 is 27.1 Å². The van der Waals surface area contributed by atoms with E-state index in [1.54, 1.807) is 0 Å². The maximum atomic E-state index is 15.6. The van der Waals surface area contributed by atoms with Crippen LogP contribution in [0.5, 0.6) is 0 Å². The Hall–Kier alpha value is -1.47. The zero-order valence-electron chi connectivity index (χ0n) is 12.4. The number of ether oxygens (including phenoxy) is 1. The fourth-order valence-electron chi connectivity index (χ4n) is 2.78. The van der Waals surface area contributed by atoms with Crippen molar-refractivity contribution >= 4 is 33.2 Å². The maximum absolute atomic E-state index is 15.6. The Balaban J connectivity index is 2.57. The highest BCUT2D eigenvalue weighted by molar-refractivity contribution is 7.93. The van der Waals surface area contributed by atoms with Gasteiger partial charge in [-0.3, -0.25) is 4.79 Å². The first-order valence-electron chi connectivity index (χ1n) is 7.02. The lowest BCUT2D eigenvalue weighted by molar-refractivity contribution is -0.152. The molecule has 2 unspecified atom stereocenters. The molecule has 126 valence electrons. The zero-order chi connectivity index (χ0) is 17.3.